The number of nitrogens with zero attached hydrogens (tertiary/aromatic N) is 1. The molecule has 66 valence electrons. The lowest BCUT2D eigenvalue weighted by atomic mass is 10.2. The topological polar surface area (TPSA) is 62.2 Å². The van der Waals surface area contributed by atoms with Gasteiger partial charge in [0.1, 0.15) is 0 Å². The first-order valence-electron chi connectivity index (χ1n) is 3.60. The van der Waals surface area contributed by atoms with E-state index in [9.17, 15) is 4.79 Å². The fraction of sp³-hybridized carbons (Fsp3) is 0.111. The minimum atomic E-state index is -0.998. The Balaban J connectivity index is 2.92. The molecule has 13 heavy (non-hydrogen) atoms. The molecule has 0 aliphatic heterocycles. The summed E-state index contributed by atoms with van der Waals surface area (Å²) in [6, 6.07) is 1.42. The molecule has 0 radical (unpaired) electrons. The van der Waals surface area contributed by atoms with E-state index in [1.165, 1.54) is 18.5 Å². The van der Waals surface area contributed by atoms with E-state index < -0.39 is 5.97 Å². The van der Waals surface area contributed by atoms with Gasteiger partial charge in [-0.1, -0.05) is 5.92 Å². The van der Waals surface area contributed by atoms with Crippen LogP contribution in [0.3, 0.4) is 0 Å². The molecule has 0 unspecified atom stereocenters. The average Bonchev–Trinajstić information content (AvgIpc) is 2.15. The van der Waals surface area contributed by atoms with Crippen molar-refractivity contribution in [3.05, 3.63) is 24.0 Å². The number of hydrogen-bond acceptors (Lipinski definition) is 3. The van der Waals surface area contributed by atoms with E-state index in [1.54, 1.807) is 0 Å². The van der Waals surface area contributed by atoms with Gasteiger partial charge >= 0.3 is 5.97 Å². The van der Waals surface area contributed by atoms with Gasteiger partial charge in [-0.15, -0.1) is 6.42 Å². The third kappa shape index (κ3) is 2.20. The van der Waals surface area contributed by atoms with E-state index in [-0.39, 0.29) is 12.1 Å². The van der Waals surface area contributed by atoms with Crippen molar-refractivity contribution in [3.8, 4) is 12.3 Å². The lowest BCUT2D eigenvalue weighted by Gasteiger charge is -2.04. The summed E-state index contributed by atoms with van der Waals surface area (Å²) >= 11 is 0. The summed E-state index contributed by atoms with van der Waals surface area (Å²) in [5.41, 5.74) is 0.609. The number of terminal acetylenes is 1. The molecule has 0 aliphatic rings. The maximum absolute atomic E-state index is 10.7. The van der Waals surface area contributed by atoms with Crippen LogP contribution in [0.4, 0.5) is 5.69 Å². The Morgan fingerprint density at radius 1 is 1.77 bits per heavy atom. The maximum Gasteiger partial charge on any atom is 0.337 e. The van der Waals surface area contributed by atoms with Crippen molar-refractivity contribution in [2.45, 2.75) is 0 Å². The molecule has 1 rings (SSSR count). The van der Waals surface area contributed by atoms with Crippen LogP contribution in [0.2, 0.25) is 0 Å². The van der Waals surface area contributed by atoms with Crippen molar-refractivity contribution >= 4 is 11.7 Å². The fourth-order valence-corrected chi connectivity index (χ4v) is 0.868. The van der Waals surface area contributed by atoms with Gasteiger partial charge in [0.25, 0.3) is 0 Å². The van der Waals surface area contributed by atoms with Crippen molar-refractivity contribution in [2.24, 2.45) is 0 Å². The molecule has 0 aliphatic carbocycles. The highest BCUT2D eigenvalue weighted by molar-refractivity contribution is 5.93. The normalized spacial score (nSPS) is 8.85. The first-order chi connectivity index (χ1) is 6.25. The zero-order chi connectivity index (χ0) is 9.68. The van der Waals surface area contributed by atoms with E-state index in [4.69, 9.17) is 11.5 Å². The van der Waals surface area contributed by atoms with E-state index in [2.05, 4.69) is 16.2 Å². The Morgan fingerprint density at radius 3 is 3.15 bits per heavy atom. The molecule has 4 nitrogen and oxygen atoms in total. The van der Waals surface area contributed by atoms with Crippen LogP contribution >= 0.6 is 0 Å². The van der Waals surface area contributed by atoms with Crippen LogP contribution in [0.25, 0.3) is 0 Å². The summed E-state index contributed by atoms with van der Waals surface area (Å²) < 4.78 is 0. The molecule has 1 aromatic heterocycles. The van der Waals surface area contributed by atoms with Crippen LogP contribution in [-0.4, -0.2) is 22.6 Å². The number of anilines is 1. The lowest BCUT2D eigenvalue weighted by molar-refractivity contribution is 0.0698. The summed E-state index contributed by atoms with van der Waals surface area (Å²) in [4.78, 5) is 14.5. The molecule has 0 saturated carbocycles. The number of rotatable bonds is 3. The second kappa shape index (κ2) is 4.12. The number of nitrogens with one attached hydrogen (secondary N) is 1. The second-order valence-corrected chi connectivity index (χ2v) is 2.28. The zero-order valence-electron chi connectivity index (χ0n) is 6.82. The van der Waals surface area contributed by atoms with Crippen molar-refractivity contribution in [3.63, 3.8) is 0 Å². The summed E-state index contributed by atoms with van der Waals surface area (Å²) in [7, 11) is 0. The summed E-state index contributed by atoms with van der Waals surface area (Å²) in [5.74, 6) is 1.35. The Labute approximate surface area is 75.6 Å². The Hall–Kier alpha value is -2.02. The summed E-state index contributed by atoms with van der Waals surface area (Å²) in [6.45, 7) is 0.284. The molecule has 0 aromatic carbocycles. The van der Waals surface area contributed by atoms with E-state index in [0.717, 1.165) is 0 Å². The molecule has 0 amide bonds. The Kier molecular flexibility index (Phi) is 2.87. The minimum absolute atomic E-state index is 0.172. The van der Waals surface area contributed by atoms with Gasteiger partial charge in [0.05, 0.1) is 24.0 Å². The predicted octanol–water partition coefficient (Wildman–Crippen LogP) is 0.825. The summed E-state index contributed by atoms with van der Waals surface area (Å²) in [5, 5.41) is 11.5. The number of pyridine rings is 1. The monoisotopic (exact) mass is 176 g/mol. The van der Waals surface area contributed by atoms with Gasteiger partial charge in [-0.05, 0) is 6.07 Å². The van der Waals surface area contributed by atoms with Crippen LogP contribution in [0.15, 0.2) is 18.5 Å². The molecule has 0 atom stereocenters. The van der Waals surface area contributed by atoms with E-state index in [0.29, 0.717) is 5.69 Å². The van der Waals surface area contributed by atoms with Gasteiger partial charge in [0, 0.05) is 6.20 Å². The number of carboxylic acids is 1. The highest BCUT2D eigenvalue weighted by atomic mass is 16.4. The minimum Gasteiger partial charge on any atom is -0.478 e. The van der Waals surface area contributed by atoms with Crippen LogP contribution in [-0.2, 0) is 0 Å². The molecule has 0 saturated heterocycles. The quantitative estimate of drug-likeness (QED) is 0.669. The van der Waals surface area contributed by atoms with Gasteiger partial charge in [-0.3, -0.25) is 4.98 Å². The molecule has 0 spiro atoms. The van der Waals surface area contributed by atoms with Gasteiger partial charge in [-0.2, -0.15) is 0 Å². The Bertz CT molecular complexity index is 355. The predicted molar refractivity (Wildman–Crippen MR) is 48.5 cm³/mol. The second-order valence-electron chi connectivity index (χ2n) is 2.28. The number of carbonyl (C=O) groups is 1. The average molecular weight is 176 g/mol. The van der Waals surface area contributed by atoms with Crippen molar-refractivity contribution in [2.75, 3.05) is 11.9 Å². The molecule has 0 fully saturated rings. The van der Waals surface area contributed by atoms with E-state index >= 15 is 0 Å². The third-order valence-electron chi connectivity index (χ3n) is 1.43. The van der Waals surface area contributed by atoms with Crippen molar-refractivity contribution in [1.29, 1.82) is 0 Å². The smallest absolute Gasteiger partial charge is 0.337 e. The highest BCUT2D eigenvalue weighted by Gasteiger charge is 2.07. The molecule has 4 heteroatoms. The van der Waals surface area contributed by atoms with Crippen LogP contribution in [0.5, 0.6) is 0 Å². The fourth-order valence-electron chi connectivity index (χ4n) is 0.868. The Morgan fingerprint density at radius 2 is 2.54 bits per heavy atom. The van der Waals surface area contributed by atoms with Gasteiger partial charge in [0.2, 0.25) is 0 Å². The third-order valence-corrected chi connectivity index (χ3v) is 1.43. The number of aromatic carboxylic acids is 1. The molecule has 1 aromatic rings. The molecule has 2 N–H and O–H groups in total. The lowest BCUT2D eigenvalue weighted by Crippen LogP contribution is -2.06. The van der Waals surface area contributed by atoms with Crippen LogP contribution in [0, 0.1) is 12.3 Å². The van der Waals surface area contributed by atoms with Crippen molar-refractivity contribution in [1.82, 2.24) is 4.98 Å². The number of hydrogen-bond donors (Lipinski definition) is 2. The summed E-state index contributed by atoms with van der Waals surface area (Å²) in [6.07, 6.45) is 7.87. The molecular formula is C9H8N2O2. The SMILES string of the molecule is C#CCNc1cnccc1C(=O)O. The van der Waals surface area contributed by atoms with Crippen LogP contribution in [0.1, 0.15) is 10.4 Å². The maximum atomic E-state index is 10.7. The number of carboxylic acid groups (broad SMARTS) is 1. The first-order valence-corrected chi connectivity index (χ1v) is 3.60. The molecule has 1 heterocycles. The standard InChI is InChI=1S/C9H8N2O2/c1-2-4-11-8-6-10-5-3-7(8)9(12)13/h1,3,5-6,11H,4H2,(H,12,13). The highest BCUT2D eigenvalue weighted by Crippen LogP contribution is 2.12. The van der Waals surface area contributed by atoms with Gasteiger partial charge < -0.3 is 10.4 Å². The zero-order valence-corrected chi connectivity index (χ0v) is 6.82. The molecular weight excluding hydrogens is 168 g/mol. The van der Waals surface area contributed by atoms with Gasteiger partial charge in [-0.25, -0.2) is 4.79 Å². The first kappa shape index (κ1) is 9.07. The number of aromatic nitrogens is 1. The van der Waals surface area contributed by atoms with E-state index in [1.807, 2.05) is 0 Å². The van der Waals surface area contributed by atoms with Crippen molar-refractivity contribution < 1.29 is 9.90 Å². The van der Waals surface area contributed by atoms with Crippen LogP contribution < -0.4 is 5.32 Å². The molecule has 0 bridgehead atoms. The van der Waals surface area contributed by atoms with Gasteiger partial charge in [0.15, 0.2) is 0 Å². The largest absolute Gasteiger partial charge is 0.478 e.